The number of hydrogen-bond donors (Lipinski definition) is 2. The second kappa shape index (κ2) is 11.2. The van der Waals surface area contributed by atoms with Crippen molar-refractivity contribution >= 4 is 34.7 Å². The zero-order valence-electron chi connectivity index (χ0n) is 19.3. The number of halogens is 1. The predicted molar refractivity (Wildman–Crippen MR) is 131 cm³/mol. The number of benzene rings is 2. The summed E-state index contributed by atoms with van der Waals surface area (Å²) in [5.41, 5.74) is 2.68. The van der Waals surface area contributed by atoms with Crippen molar-refractivity contribution in [1.29, 1.82) is 0 Å². The summed E-state index contributed by atoms with van der Waals surface area (Å²) in [4.78, 5) is 39.7. The summed E-state index contributed by atoms with van der Waals surface area (Å²) in [6, 6.07) is 13.5. The van der Waals surface area contributed by atoms with Crippen molar-refractivity contribution in [3.05, 3.63) is 75.5 Å². The number of anilines is 1. The average Bonchev–Trinajstić information content (AvgIpc) is 3.39. The lowest BCUT2D eigenvalue weighted by Crippen LogP contribution is -2.45. The fourth-order valence-electron chi connectivity index (χ4n) is 3.86. The molecule has 1 aliphatic rings. The van der Waals surface area contributed by atoms with Crippen LogP contribution >= 0.6 is 11.3 Å². The summed E-state index contributed by atoms with van der Waals surface area (Å²) in [7, 11) is 0. The molecule has 35 heavy (non-hydrogen) atoms. The van der Waals surface area contributed by atoms with Crippen molar-refractivity contribution in [3.8, 4) is 0 Å². The molecule has 1 saturated heterocycles. The van der Waals surface area contributed by atoms with E-state index in [0.29, 0.717) is 31.6 Å². The average molecular weight is 496 g/mol. The lowest BCUT2D eigenvalue weighted by Gasteiger charge is -2.31. The van der Waals surface area contributed by atoms with Crippen molar-refractivity contribution in [2.24, 2.45) is 5.92 Å². The Morgan fingerprint density at radius 2 is 1.71 bits per heavy atom. The van der Waals surface area contributed by atoms with Gasteiger partial charge in [-0.1, -0.05) is 42.5 Å². The highest BCUT2D eigenvalue weighted by molar-refractivity contribution is 7.15. The number of nitrogens with one attached hydrogen (secondary N) is 2. The summed E-state index contributed by atoms with van der Waals surface area (Å²) < 4.78 is 13.0. The minimum absolute atomic E-state index is 0.0260. The second-order valence-corrected chi connectivity index (χ2v) is 9.33. The van der Waals surface area contributed by atoms with E-state index in [-0.39, 0.29) is 34.3 Å². The van der Waals surface area contributed by atoms with E-state index >= 15 is 0 Å². The highest BCUT2D eigenvalue weighted by Crippen LogP contribution is 2.21. The van der Waals surface area contributed by atoms with Gasteiger partial charge in [-0.3, -0.25) is 14.4 Å². The maximum Gasteiger partial charge on any atom is 0.286 e. The van der Waals surface area contributed by atoms with E-state index in [1.807, 2.05) is 12.1 Å². The van der Waals surface area contributed by atoms with Crippen LogP contribution in [-0.4, -0.2) is 45.9 Å². The van der Waals surface area contributed by atoms with Gasteiger partial charge in [0.25, 0.3) is 11.8 Å². The summed E-state index contributed by atoms with van der Waals surface area (Å²) in [5.74, 6) is -1.69. The van der Waals surface area contributed by atoms with Crippen molar-refractivity contribution in [2.45, 2.75) is 32.7 Å². The van der Waals surface area contributed by atoms with Gasteiger partial charge in [-0.15, -0.1) is 10.2 Å². The highest BCUT2D eigenvalue weighted by Gasteiger charge is 2.30. The zero-order chi connectivity index (χ0) is 24.8. The van der Waals surface area contributed by atoms with Gasteiger partial charge in [0.15, 0.2) is 0 Å². The molecule has 1 atom stereocenters. The summed E-state index contributed by atoms with van der Waals surface area (Å²) in [6.45, 7) is 3.34. The molecular weight excluding hydrogens is 469 g/mol. The normalized spacial score (nSPS) is 15.5. The number of aromatic nitrogens is 2. The fraction of sp³-hybridized carbons (Fsp3) is 0.320. The zero-order valence-corrected chi connectivity index (χ0v) is 20.1. The SMILES string of the molecule is CCc1ccc(CNC(=O)[C@@H]2CCCN(C(=O)c3nnc(C(=O)Nc4ccc(F)cc4)s3)C2)cc1. The van der Waals surface area contributed by atoms with Crippen LogP contribution in [0.1, 0.15) is 50.5 Å². The third-order valence-corrected chi connectivity index (χ3v) is 6.79. The molecule has 8 nitrogen and oxygen atoms in total. The standard InChI is InChI=1S/C25H26FN5O3S/c1-2-16-5-7-17(8-6-16)14-27-21(32)18-4-3-13-31(15-18)25(34)24-30-29-23(35-24)22(33)28-20-11-9-19(26)10-12-20/h5-12,18H,2-4,13-15H2,1H3,(H,27,32)(H,28,33)/t18-/m1/s1. The molecular formula is C25H26FN5O3S. The predicted octanol–water partition coefficient (Wildman–Crippen LogP) is 3.66. The molecule has 1 aliphatic heterocycles. The van der Waals surface area contributed by atoms with E-state index < -0.39 is 11.7 Å². The van der Waals surface area contributed by atoms with Gasteiger partial charge in [0.05, 0.1) is 5.92 Å². The Hall–Kier alpha value is -3.66. The first kappa shape index (κ1) is 24.5. The number of rotatable bonds is 7. The Morgan fingerprint density at radius 1 is 1.03 bits per heavy atom. The molecule has 0 aliphatic carbocycles. The largest absolute Gasteiger partial charge is 0.352 e. The van der Waals surface area contributed by atoms with Crippen molar-refractivity contribution in [3.63, 3.8) is 0 Å². The number of nitrogens with zero attached hydrogens (tertiary/aromatic N) is 3. The number of carbonyl (C=O) groups excluding carboxylic acids is 3. The highest BCUT2D eigenvalue weighted by atomic mass is 32.1. The first-order valence-electron chi connectivity index (χ1n) is 11.5. The lowest BCUT2D eigenvalue weighted by molar-refractivity contribution is -0.126. The molecule has 1 fully saturated rings. The number of piperidine rings is 1. The van der Waals surface area contributed by atoms with E-state index in [2.05, 4.69) is 39.9 Å². The van der Waals surface area contributed by atoms with Crippen LogP contribution in [0, 0.1) is 11.7 Å². The number of carbonyl (C=O) groups is 3. The molecule has 0 unspecified atom stereocenters. The number of likely N-dealkylation sites (tertiary alicyclic amines) is 1. The van der Waals surface area contributed by atoms with Crippen LogP contribution in [0.5, 0.6) is 0 Å². The molecule has 2 heterocycles. The maximum absolute atomic E-state index is 13.0. The minimum Gasteiger partial charge on any atom is -0.352 e. The second-order valence-electron chi connectivity index (χ2n) is 8.35. The number of amides is 3. The van der Waals surface area contributed by atoms with Crippen LogP contribution in [0.3, 0.4) is 0 Å². The molecule has 182 valence electrons. The Balaban J connectivity index is 1.32. The summed E-state index contributed by atoms with van der Waals surface area (Å²) >= 11 is 0.885. The quantitative estimate of drug-likeness (QED) is 0.521. The van der Waals surface area contributed by atoms with Crippen molar-refractivity contribution in [1.82, 2.24) is 20.4 Å². The third kappa shape index (κ3) is 6.27. The van der Waals surface area contributed by atoms with Gasteiger partial charge in [0, 0.05) is 25.3 Å². The molecule has 1 aromatic heterocycles. The van der Waals surface area contributed by atoms with Crippen LogP contribution in [0.4, 0.5) is 10.1 Å². The van der Waals surface area contributed by atoms with E-state index in [1.165, 1.54) is 29.8 Å². The van der Waals surface area contributed by atoms with E-state index in [4.69, 9.17) is 0 Å². The molecule has 2 aromatic carbocycles. The Morgan fingerprint density at radius 3 is 2.43 bits per heavy atom. The van der Waals surface area contributed by atoms with Gasteiger partial charge in [-0.05, 0) is 54.7 Å². The molecule has 3 amide bonds. The van der Waals surface area contributed by atoms with Gasteiger partial charge >= 0.3 is 0 Å². The topological polar surface area (TPSA) is 104 Å². The minimum atomic E-state index is -0.531. The molecule has 0 saturated carbocycles. The van der Waals surface area contributed by atoms with Crippen LogP contribution in [-0.2, 0) is 17.8 Å². The van der Waals surface area contributed by atoms with E-state index in [1.54, 1.807) is 4.90 Å². The summed E-state index contributed by atoms with van der Waals surface area (Å²) in [5, 5.41) is 13.4. The van der Waals surface area contributed by atoms with Crippen LogP contribution < -0.4 is 10.6 Å². The first-order chi connectivity index (χ1) is 16.9. The van der Waals surface area contributed by atoms with Gasteiger partial charge < -0.3 is 15.5 Å². The molecule has 10 heteroatoms. The Bertz CT molecular complexity index is 1200. The molecule has 0 spiro atoms. The Kier molecular flexibility index (Phi) is 7.81. The molecule has 0 radical (unpaired) electrons. The molecule has 0 bridgehead atoms. The lowest BCUT2D eigenvalue weighted by atomic mass is 9.97. The summed E-state index contributed by atoms with van der Waals surface area (Å²) in [6.07, 6.45) is 2.37. The smallest absolute Gasteiger partial charge is 0.286 e. The molecule has 2 N–H and O–H groups in total. The van der Waals surface area contributed by atoms with Gasteiger partial charge in [0.2, 0.25) is 15.9 Å². The van der Waals surface area contributed by atoms with Crippen LogP contribution in [0.2, 0.25) is 0 Å². The van der Waals surface area contributed by atoms with Crippen molar-refractivity contribution in [2.75, 3.05) is 18.4 Å². The molecule has 3 aromatic rings. The number of aryl methyl sites for hydroxylation is 1. The monoisotopic (exact) mass is 495 g/mol. The Labute approximate surface area is 206 Å². The van der Waals surface area contributed by atoms with Gasteiger partial charge in [-0.25, -0.2) is 4.39 Å². The van der Waals surface area contributed by atoms with Gasteiger partial charge in [-0.2, -0.15) is 0 Å². The maximum atomic E-state index is 13.0. The van der Waals surface area contributed by atoms with Crippen molar-refractivity contribution < 1.29 is 18.8 Å². The van der Waals surface area contributed by atoms with Crippen LogP contribution in [0.15, 0.2) is 48.5 Å². The van der Waals surface area contributed by atoms with Gasteiger partial charge in [0.1, 0.15) is 5.82 Å². The van der Waals surface area contributed by atoms with Crippen LogP contribution in [0.25, 0.3) is 0 Å². The first-order valence-corrected chi connectivity index (χ1v) is 12.3. The van der Waals surface area contributed by atoms with E-state index in [9.17, 15) is 18.8 Å². The number of hydrogen-bond acceptors (Lipinski definition) is 6. The third-order valence-electron chi connectivity index (χ3n) is 5.88. The van der Waals surface area contributed by atoms with E-state index in [0.717, 1.165) is 23.3 Å². The fourth-order valence-corrected chi connectivity index (χ4v) is 4.56. The molecule has 4 rings (SSSR count).